The van der Waals surface area contributed by atoms with E-state index in [1.807, 2.05) is 6.07 Å². The van der Waals surface area contributed by atoms with Crippen molar-refractivity contribution in [2.75, 3.05) is 4.90 Å². The summed E-state index contributed by atoms with van der Waals surface area (Å²) in [5, 5.41) is 4.29. The van der Waals surface area contributed by atoms with E-state index in [0.29, 0.717) is 6.04 Å². The van der Waals surface area contributed by atoms with E-state index < -0.39 is 0 Å². The van der Waals surface area contributed by atoms with Gasteiger partial charge in [-0.15, -0.1) is 0 Å². The van der Waals surface area contributed by atoms with Gasteiger partial charge < -0.3 is 10.2 Å². The van der Waals surface area contributed by atoms with Gasteiger partial charge >= 0.3 is 0 Å². The number of halogens is 1. The van der Waals surface area contributed by atoms with Gasteiger partial charge in [0.1, 0.15) is 0 Å². The minimum atomic E-state index is 0.465. The lowest BCUT2D eigenvalue weighted by Gasteiger charge is -2.22. The predicted molar refractivity (Wildman–Crippen MR) is 89.8 cm³/mol. The van der Waals surface area contributed by atoms with Crippen molar-refractivity contribution >= 4 is 17.3 Å². The van der Waals surface area contributed by atoms with Crippen molar-refractivity contribution in [1.29, 1.82) is 0 Å². The number of anilines is 1. The third-order valence-electron chi connectivity index (χ3n) is 3.92. The molecular formula is C18H21ClN2. The molecule has 2 aromatic rings. The number of nitrogens with one attached hydrogen (secondary N) is 1. The number of rotatable bonds is 4. The first-order valence-electron chi connectivity index (χ1n) is 7.47. The number of fused-ring (bicyclic) bond motifs is 1. The Morgan fingerprint density at radius 3 is 2.38 bits per heavy atom. The Balaban J connectivity index is 1.86. The maximum atomic E-state index is 6.18. The molecule has 1 aliphatic heterocycles. The smallest absolute Gasteiger partial charge is 0.0436 e. The van der Waals surface area contributed by atoms with Crippen molar-refractivity contribution in [3.05, 3.63) is 64.2 Å². The summed E-state index contributed by atoms with van der Waals surface area (Å²) in [6.07, 6.45) is 0. The van der Waals surface area contributed by atoms with Gasteiger partial charge in [0.15, 0.2) is 0 Å². The van der Waals surface area contributed by atoms with Gasteiger partial charge in [-0.2, -0.15) is 0 Å². The Bertz CT molecular complexity index is 612. The van der Waals surface area contributed by atoms with Crippen LogP contribution in [-0.4, -0.2) is 6.04 Å². The van der Waals surface area contributed by atoms with E-state index in [1.54, 1.807) is 0 Å². The fourth-order valence-corrected chi connectivity index (χ4v) is 3.02. The summed E-state index contributed by atoms with van der Waals surface area (Å²) in [6.45, 7) is 7.13. The molecule has 1 N–H and O–H groups in total. The molecule has 1 heterocycles. The number of nitrogens with zero attached hydrogens (tertiary/aromatic N) is 1. The quantitative estimate of drug-likeness (QED) is 0.902. The van der Waals surface area contributed by atoms with Crippen LogP contribution in [0.25, 0.3) is 0 Å². The van der Waals surface area contributed by atoms with Crippen molar-refractivity contribution in [1.82, 2.24) is 5.32 Å². The van der Waals surface area contributed by atoms with Crippen LogP contribution in [0.4, 0.5) is 5.69 Å². The molecule has 3 rings (SSSR count). The summed E-state index contributed by atoms with van der Waals surface area (Å²) in [7, 11) is 0. The van der Waals surface area contributed by atoms with Crippen LogP contribution in [0.5, 0.6) is 0 Å². The van der Waals surface area contributed by atoms with E-state index in [-0.39, 0.29) is 0 Å². The Morgan fingerprint density at radius 1 is 1.10 bits per heavy atom. The van der Waals surface area contributed by atoms with Crippen LogP contribution in [0.1, 0.15) is 30.5 Å². The highest BCUT2D eigenvalue weighted by Crippen LogP contribution is 2.32. The molecule has 0 saturated carbocycles. The van der Waals surface area contributed by atoms with Crippen molar-refractivity contribution in [2.45, 2.75) is 39.5 Å². The van der Waals surface area contributed by atoms with Crippen LogP contribution in [-0.2, 0) is 19.6 Å². The molecule has 0 unspecified atom stereocenters. The minimum Gasteiger partial charge on any atom is -0.363 e. The Kier molecular flexibility index (Phi) is 4.18. The maximum Gasteiger partial charge on any atom is 0.0436 e. The Morgan fingerprint density at radius 2 is 1.76 bits per heavy atom. The maximum absolute atomic E-state index is 6.18. The van der Waals surface area contributed by atoms with Crippen molar-refractivity contribution in [3.63, 3.8) is 0 Å². The molecule has 0 fully saturated rings. The summed E-state index contributed by atoms with van der Waals surface area (Å²) in [5.74, 6) is 0. The van der Waals surface area contributed by atoms with Gasteiger partial charge in [0.05, 0.1) is 0 Å². The first-order chi connectivity index (χ1) is 10.1. The van der Waals surface area contributed by atoms with E-state index in [9.17, 15) is 0 Å². The number of hydrogen-bond donors (Lipinski definition) is 1. The molecule has 3 heteroatoms. The van der Waals surface area contributed by atoms with Crippen LogP contribution < -0.4 is 10.2 Å². The molecule has 0 spiro atoms. The van der Waals surface area contributed by atoms with Crippen molar-refractivity contribution in [3.8, 4) is 0 Å². The van der Waals surface area contributed by atoms with Gasteiger partial charge in [-0.25, -0.2) is 0 Å². The molecule has 0 bridgehead atoms. The number of benzene rings is 2. The van der Waals surface area contributed by atoms with E-state index in [1.165, 1.54) is 22.4 Å². The minimum absolute atomic E-state index is 0.465. The molecule has 2 aromatic carbocycles. The molecule has 0 radical (unpaired) electrons. The molecule has 2 nitrogen and oxygen atoms in total. The van der Waals surface area contributed by atoms with Crippen molar-refractivity contribution < 1.29 is 0 Å². The molecule has 0 atom stereocenters. The highest BCUT2D eigenvalue weighted by molar-refractivity contribution is 6.30. The second kappa shape index (κ2) is 6.08. The fourth-order valence-electron chi connectivity index (χ4n) is 2.82. The SMILES string of the molecule is CC(C)NCc1cc(Cl)ccc1N1Cc2ccccc2C1. The van der Waals surface area contributed by atoms with Gasteiger partial charge in [0.2, 0.25) is 0 Å². The van der Waals surface area contributed by atoms with Gasteiger partial charge in [-0.3, -0.25) is 0 Å². The third-order valence-corrected chi connectivity index (χ3v) is 4.16. The second-order valence-corrected chi connectivity index (χ2v) is 6.37. The molecular weight excluding hydrogens is 280 g/mol. The number of hydrogen-bond acceptors (Lipinski definition) is 2. The molecule has 0 amide bonds. The van der Waals surface area contributed by atoms with E-state index in [2.05, 4.69) is 60.5 Å². The zero-order valence-electron chi connectivity index (χ0n) is 12.6. The first kappa shape index (κ1) is 14.4. The summed E-state index contributed by atoms with van der Waals surface area (Å²) in [6, 6.07) is 15.3. The van der Waals surface area contributed by atoms with Crippen LogP contribution in [0.2, 0.25) is 5.02 Å². The lowest BCUT2D eigenvalue weighted by molar-refractivity contribution is 0.588. The van der Waals surface area contributed by atoms with E-state index in [4.69, 9.17) is 11.6 Å². The lowest BCUT2D eigenvalue weighted by Crippen LogP contribution is -2.24. The molecule has 0 aromatic heterocycles. The van der Waals surface area contributed by atoms with Gasteiger partial charge in [-0.05, 0) is 34.9 Å². The standard InChI is InChI=1S/C18H21ClN2/c1-13(2)20-10-16-9-17(19)7-8-18(16)21-11-14-5-3-4-6-15(14)12-21/h3-9,13,20H,10-12H2,1-2H3. The normalized spacial score (nSPS) is 13.8. The zero-order valence-corrected chi connectivity index (χ0v) is 13.3. The van der Waals surface area contributed by atoms with Crippen molar-refractivity contribution in [2.24, 2.45) is 0 Å². The summed E-state index contributed by atoms with van der Waals surface area (Å²) in [4.78, 5) is 2.43. The predicted octanol–water partition coefficient (Wildman–Crippen LogP) is 4.36. The molecule has 1 aliphatic rings. The van der Waals surface area contributed by atoms with Crippen LogP contribution >= 0.6 is 11.6 Å². The van der Waals surface area contributed by atoms with Gasteiger partial charge in [0, 0.05) is 36.4 Å². The van der Waals surface area contributed by atoms with Crippen LogP contribution in [0.3, 0.4) is 0 Å². The fraction of sp³-hybridized carbons (Fsp3) is 0.333. The van der Waals surface area contributed by atoms with Gasteiger partial charge in [0.25, 0.3) is 0 Å². The van der Waals surface area contributed by atoms with Gasteiger partial charge in [-0.1, -0.05) is 49.7 Å². The monoisotopic (exact) mass is 300 g/mol. The summed E-state index contributed by atoms with van der Waals surface area (Å²) < 4.78 is 0. The average Bonchev–Trinajstić information content (AvgIpc) is 2.88. The second-order valence-electron chi connectivity index (χ2n) is 5.93. The van der Waals surface area contributed by atoms with E-state index >= 15 is 0 Å². The largest absolute Gasteiger partial charge is 0.363 e. The lowest BCUT2D eigenvalue weighted by atomic mass is 10.1. The Hall–Kier alpha value is -1.51. The highest BCUT2D eigenvalue weighted by Gasteiger charge is 2.20. The topological polar surface area (TPSA) is 15.3 Å². The van der Waals surface area contributed by atoms with E-state index in [0.717, 1.165) is 24.7 Å². The molecule has 0 aliphatic carbocycles. The molecule has 21 heavy (non-hydrogen) atoms. The average molecular weight is 301 g/mol. The Labute approximate surface area is 131 Å². The summed E-state index contributed by atoms with van der Waals surface area (Å²) >= 11 is 6.18. The molecule has 0 saturated heterocycles. The first-order valence-corrected chi connectivity index (χ1v) is 7.85. The summed E-state index contributed by atoms with van der Waals surface area (Å²) in [5.41, 5.74) is 5.40. The third kappa shape index (κ3) is 3.22. The van der Waals surface area contributed by atoms with Crippen LogP contribution in [0, 0.1) is 0 Å². The highest BCUT2D eigenvalue weighted by atomic mass is 35.5. The van der Waals surface area contributed by atoms with Crippen LogP contribution in [0.15, 0.2) is 42.5 Å². The molecule has 110 valence electrons. The zero-order chi connectivity index (χ0) is 14.8.